The minimum Gasteiger partial charge on any atom is -0.489 e. The molecule has 0 unspecified atom stereocenters. The van der Waals surface area contributed by atoms with Crippen molar-refractivity contribution in [3.05, 3.63) is 103 Å². The van der Waals surface area contributed by atoms with Gasteiger partial charge in [0.05, 0.1) is 27.0 Å². The molecule has 13 heteroatoms. The number of nitro benzene ring substituents is 1. The lowest BCUT2D eigenvalue weighted by molar-refractivity contribution is -0.384. The molecule has 3 aromatic carbocycles. The quantitative estimate of drug-likeness (QED) is 0.118. The van der Waals surface area contributed by atoms with E-state index in [9.17, 15) is 29.3 Å². The molecule has 0 bridgehead atoms. The van der Waals surface area contributed by atoms with Crippen molar-refractivity contribution in [1.29, 1.82) is 0 Å². The number of imide groups is 1. The maximum absolute atomic E-state index is 12.9. The van der Waals surface area contributed by atoms with E-state index in [1.54, 1.807) is 36.4 Å². The number of carbonyl (C=O) groups excluding carboxylic acids is 4. The van der Waals surface area contributed by atoms with Gasteiger partial charge in [0.15, 0.2) is 0 Å². The number of anilines is 1. The summed E-state index contributed by atoms with van der Waals surface area (Å²) in [6.45, 7) is 1.71. The van der Waals surface area contributed by atoms with Crippen LogP contribution in [-0.4, -0.2) is 46.0 Å². The van der Waals surface area contributed by atoms with Crippen LogP contribution in [0.15, 0.2) is 71.6 Å². The number of non-ortho nitro benzene ring substituents is 1. The van der Waals surface area contributed by atoms with Gasteiger partial charge in [0.25, 0.3) is 16.8 Å². The largest absolute Gasteiger partial charge is 0.489 e. The highest BCUT2D eigenvalue weighted by molar-refractivity contribution is 8.18. The monoisotopic (exact) mass is 609 g/mol. The van der Waals surface area contributed by atoms with Gasteiger partial charge in [-0.3, -0.25) is 29.4 Å². The van der Waals surface area contributed by atoms with E-state index >= 15 is 0 Å². The number of hydrogen-bond donors (Lipinski definition) is 1. The van der Waals surface area contributed by atoms with Crippen molar-refractivity contribution in [2.24, 2.45) is 0 Å². The molecule has 1 saturated heterocycles. The molecule has 1 fully saturated rings. The van der Waals surface area contributed by atoms with E-state index < -0.39 is 34.5 Å². The van der Waals surface area contributed by atoms with Gasteiger partial charge in [0, 0.05) is 17.8 Å². The molecule has 0 aromatic heterocycles. The van der Waals surface area contributed by atoms with E-state index in [0.29, 0.717) is 29.5 Å². The van der Waals surface area contributed by atoms with E-state index in [2.05, 4.69) is 5.32 Å². The molecule has 0 spiro atoms. The fourth-order valence-electron chi connectivity index (χ4n) is 3.74. The van der Waals surface area contributed by atoms with E-state index in [0.717, 1.165) is 10.5 Å². The molecule has 1 aliphatic rings. The van der Waals surface area contributed by atoms with Crippen molar-refractivity contribution >= 4 is 63.8 Å². The first kappa shape index (κ1) is 30.3. The average molecular weight is 610 g/mol. The third kappa shape index (κ3) is 7.74. The van der Waals surface area contributed by atoms with Gasteiger partial charge in [-0.2, -0.15) is 0 Å². The number of nitrogens with zero attached hydrogens (tertiary/aromatic N) is 2. The van der Waals surface area contributed by atoms with Crippen LogP contribution in [0, 0.1) is 10.1 Å². The molecule has 11 nitrogen and oxygen atoms in total. The third-order valence-electron chi connectivity index (χ3n) is 5.79. The molecular weight excluding hydrogens is 586 g/mol. The summed E-state index contributed by atoms with van der Waals surface area (Å²) in [6, 6.07) is 17.1. The molecule has 4 rings (SSSR count). The van der Waals surface area contributed by atoms with Gasteiger partial charge < -0.3 is 14.8 Å². The van der Waals surface area contributed by atoms with Crippen LogP contribution in [0.3, 0.4) is 0 Å². The summed E-state index contributed by atoms with van der Waals surface area (Å²) >= 11 is 6.79. The van der Waals surface area contributed by atoms with Crippen molar-refractivity contribution in [3.63, 3.8) is 0 Å². The lowest BCUT2D eigenvalue weighted by Crippen LogP contribution is -2.36. The van der Waals surface area contributed by atoms with Gasteiger partial charge in [-0.15, -0.1) is 0 Å². The number of rotatable bonds is 11. The Morgan fingerprint density at radius 1 is 1.10 bits per heavy atom. The zero-order valence-electron chi connectivity index (χ0n) is 22.2. The summed E-state index contributed by atoms with van der Waals surface area (Å²) in [6.07, 6.45) is 2.16. The summed E-state index contributed by atoms with van der Waals surface area (Å²) in [5, 5.41) is 12.9. The molecule has 3 amide bonds. The minimum atomic E-state index is -0.643. The highest BCUT2D eigenvalue weighted by Crippen LogP contribution is 2.33. The van der Waals surface area contributed by atoms with Crippen LogP contribution < -0.4 is 10.1 Å². The Morgan fingerprint density at radius 3 is 2.57 bits per heavy atom. The number of halogens is 1. The molecule has 0 saturated carbocycles. The molecule has 1 aliphatic heterocycles. The van der Waals surface area contributed by atoms with E-state index in [-0.39, 0.29) is 40.1 Å². The number of esters is 1. The van der Waals surface area contributed by atoms with Crippen LogP contribution in [0.2, 0.25) is 5.02 Å². The average Bonchev–Trinajstić information content (AvgIpc) is 3.23. The number of benzene rings is 3. The van der Waals surface area contributed by atoms with Crippen LogP contribution >= 0.6 is 23.4 Å². The van der Waals surface area contributed by atoms with Crippen LogP contribution in [0.5, 0.6) is 5.75 Å². The van der Waals surface area contributed by atoms with Crippen molar-refractivity contribution in [2.75, 3.05) is 18.5 Å². The zero-order valence-corrected chi connectivity index (χ0v) is 23.8. The molecule has 216 valence electrons. The number of hydrogen-bond acceptors (Lipinski definition) is 9. The first-order chi connectivity index (χ1) is 20.1. The smallest absolute Gasteiger partial charge is 0.339 e. The predicted octanol–water partition coefficient (Wildman–Crippen LogP) is 6.07. The van der Waals surface area contributed by atoms with E-state index in [4.69, 9.17) is 21.1 Å². The van der Waals surface area contributed by atoms with Gasteiger partial charge in [-0.25, -0.2) is 4.79 Å². The Morgan fingerprint density at radius 2 is 1.86 bits per heavy atom. The van der Waals surface area contributed by atoms with Crippen LogP contribution in [0.4, 0.5) is 16.2 Å². The Kier molecular flexibility index (Phi) is 9.94. The number of ether oxygens (including phenoxy) is 2. The van der Waals surface area contributed by atoms with E-state index in [1.807, 2.05) is 6.92 Å². The fourth-order valence-corrected chi connectivity index (χ4v) is 4.77. The highest BCUT2D eigenvalue weighted by Gasteiger charge is 2.36. The third-order valence-corrected chi connectivity index (χ3v) is 7.03. The number of carbonyl (C=O) groups is 4. The maximum atomic E-state index is 12.9. The lowest BCUT2D eigenvalue weighted by Gasteiger charge is -2.13. The van der Waals surface area contributed by atoms with Crippen LogP contribution in [-0.2, 0) is 20.9 Å². The molecule has 3 aromatic rings. The second-order valence-electron chi connectivity index (χ2n) is 8.93. The topological polar surface area (TPSA) is 145 Å². The highest BCUT2D eigenvalue weighted by atomic mass is 35.5. The molecule has 0 aliphatic carbocycles. The summed E-state index contributed by atoms with van der Waals surface area (Å²) in [7, 11) is 0. The van der Waals surface area contributed by atoms with Crippen LogP contribution in [0.1, 0.15) is 34.8 Å². The Hall–Kier alpha value is -4.68. The molecular formula is C29H24ClN3O8S. The van der Waals surface area contributed by atoms with Gasteiger partial charge in [-0.05, 0) is 77.9 Å². The van der Waals surface area contributed by atoms with Crippen molar-refractivity contribution in [1.82, 2.24) is 4.90 Å². The van der Waals surface area contributed by atoms with Gasteiger partial charge in [-0.1, -0.05) is 30.7 Å². The maximum Gasteiger partial charge on any atom is 0.339 e. The van der Waals surface area contributed by atoms with Gasteiger partial charge >= 0.3 is 5.97 Å². The summed E-state index contributed by atoms with van der Waals surface area (Å²) in [5.41, 5.74) is 1.64. The normalized spacial score (nSPS) is 13.8. The molecule has 1 N–H and O–H groups in total. The predicted molar refractivity (Wildman–Crippen MR) is 157 cm³/mol. The number of amides is 3. The standard InChI is InChI=1S/C29H24ClN3O8S/c1-2-12-40-28(36)23-15-20(8-11-24(23)30)31-26(34)16-32-27(35)25(42-29(32)37)14-19-4-3-5-22(13-19)41-17-18-6-9-21(10-7-18)33(38)39/h3-11,13-15H,2,12,16-17H2,1H3,(H,31,34)/b25-14+. The van der Waals surface area contributed by atoms with Crippen molar-refractivity contribution in [2.45, 2.75) is 20.0 Å². The van der Waals surface area contributed by atoms with Gasteiger partial charge in [0.1, 0.15) is 18.9 Å². The SMILES string of the molecule is CCCOC(=O)c1cc(NC(=O)CN2C(=O)S/C(=C/c3cccc(OCc4ccc([N+](=O)[O-])cc4)c3)C2=O)ccc1Cl. The van der Waals surface area contributed by atoms with E-state index in [1.165, 1.54) is 36.4 Å². The fraction of sp³-hybridized carbons (Fsp3) is 0.172. The second kappa shape index (κ2) is 13.8. The number of nitrogens with one attached hydrogen (secondary N) is 1. The zero-order chi connectivity index (χ0) is 30.2. The molecule has 0 atom stereocenters. The Labute approximate surface area is 249 Å². The second-order valence-corrected chi connectivity index (χ2v) is 10.3. The Bertz CT molecular complexity index is 1580. The van der Waals surface area contributed by atoms with Crippen LogP contribution in [0.25, 0.3) is 6.08 Å². The first-order valence-corrected chi connectivity index (χ1v) is 13.8. The molecule has 1 heterocycles. The number of nitro groups is 1. The number of thioether (sulfide) groups is 1. The van der Waals surface area contributed by atoms with Crippen molar-refractivity contribution in [3.8, 4) is 5.75 Å². The lowest BCUT2D eigenvalue weighted by atomic mass is 10.2. The molecule has 42 heavy (non-hydrogen) atoms. The van der Waals surface area contributed by atoms with Gasteiger partial charge in [0.2, 0.25) is 5.91 Å². The first-order valence-electron chi connectivity index (χ1n) is 12.6. The van der Waals surface area contributed by atoms with Crippen molar-refractivity contribution < 1.29 is 33.6 Å². The summed E-state index contributed by atoms with van der Waals surface area (Å²) in [4.78, 5) is 61.7. The summed E-state index contributed by atoms with van der Waals surface area (Å²) < 4.78 is 10.9. The molecule has 0 radical (unpaired) electrons. The Balaban J connectivity index is 1.37. The summed E-state index contributed by atoms with van der Waals surface area (Å²) in [5.74, 6) is -1.41. The minimum absolute atomic E-state index is 0.0179.